The van der Waals surface area contributed by atoms with Crippen LogP contribution in [0.1, 0.15) is 39.5 Å². The minimum absolute atomic E-state index is 0.0416. The Balaban J connectivity index is 2.57. The molecule has 1 atom stereocenters. The number of hydrogen-bond acceptors (Lipinski definition) is 3. The Morgan fingerprint density at radius 2 is 2.06 bits per heavy atom. The lowest BCUT2D eigenvalue weighted by molar-refractivity contribution is -0.152. The fourth-order valence-electron chi connectivity index (χ4n) is 2.17. The van der Waals surface area contributed by atoms with Gasteiger partial charge in [-0.05, 0) is 12.8 Å². The van der Waals surface area contributed by atoms with Crippen molar-refractivity contribution in [3.05, 3.63) is 0 Å². The fourth-order valence-corrected chi connectivity index (χ4v) is 2.17. The molecule has 1 fully saturated rings. The molecule has 0 radical (unpaired) electrons. The number of nitrogens with one attached hydrogen (secondary N) is 2. The van der Waals surface area contributed by atoms with Gasteiger partial charge in [-0.25, -0.2) is 0 Å². The van der Waals surface area contributed by atoms with E-state index in [2.05, 4.69) is 10.6 Å². The van der Waals surface area contributed by atoms with Crippen LogP contribution in [0.15, 0.2) is 0 Å². The standard InChI is InChI=1S/C12H20N2O4/c1-3-12(4-2,11(17)18)6-10(16)14-8-5-9(15)13-7-8/h8H,3-7H2,1-2H3,(H,13,15)(H,14,16)(H,17,18). The van der Waals surface area contributed by atoms with Crippen LogP contribution in [0.2, 0.25) is 0 Å². The Labute approximate surface area is 106 Å². The van der Waals surface area contributed by atoms with Gasteiger partial charge < -0.3 is 15.7 Å². The molecule has 0 saturated carbocycles. The molecule has 18 heavy (non-hydrogen) atoms. The molecule has 0 bridgehead atoms. The number of hydrogen-bond donors (Lipinski definition) is 3. The average Bonchev–Trinajstić information content (AvgIpc) is 2.71. The lowest BCUT2D eigenvalue weighted by Gasteiger charge is -2.26. The third-order valence-electron chi connectivity index (χ3n) is 3.65. The van der Waals surface area contributed by atoms with Gasteiger partial charge in [0.05, 0.1) is 11.5 Å². The normalized spacial score (nSPS) is 19.4. The highest BCUT2D eigenvalue weighted by Gasteiger charge is 2.37. The van der Waals surface area contributed by atoms with Gasteiger partial charge in [0.2, 0.25) is 11.8 Å². The van der Waals surface area contributed by atoms with Gasteiger partial charge in [0.1, 0.15) is 0 Å². The van der Waals surface area contributed by atoms with Crippen molar-refractivity contribution in [1.82, 2.24) is 10.6 Å². The maximum absolute atomic E-state index is 11.8. The first-order chi connectivity index (χ1) is 8.43. The Kier molecular flexibility index (Phi) is 4.69. The number of carbonyl (C=O) groups excluding carboxylic acids is 2. The predicted molar refractivity (Wildman–Crippen MR) is 64.8 cm³/mol. The second kappa shape index (κ2) is 5.84. The zero-order valence-corrected chi connectivity index (χ0v) is 10.8. The Morgan fingerprint density at radius 3 is 2.44 bits per heavy atom. The van der Waals surface area contributed by atoms with Gasteiger partial charge in [0.15, 0.2) is 0 Å². The van der Waals surface area contributed by atoms with E-state index in [1.165, 1.54) is 0 Å². The van der Waals surface area contributed by atoms with Gasteiger partial charge in [0.25, 0.3) is 0 Å². The first-order valence-corrected chi connectivity index (χ1v) is 6.23. The van der Waals surface area contributed by atoms with Crippen LogP contribution in [0.5, 0.6) is 0 Å². The van der Waals surface area contributed by atoms with E-state index >= 15 is 0 Å². The summed E-state index contributed by atoms with van der Waals surface area (Å²) in [5.74, 6) is -1.33. The van der Waals surface area contributed by atoms with E-state index in [4.69, 9.17) is 0 Å². The summed E-state index contributed by atoms with van der Waals surface area (Å²) < 4.78 is 0. The predicted octanol–water partition coefficient (Wildman–Crippen LogP) is 0.272. The maximum atomic E-state index is 11.8. The first kappa shape index (κ1) is 14.5. The van der Waals surface area contributed by atoms with Crippen molar-refractivity contribution >= 4 is 17.8 Å². The number of carbonyl (C=O) groups is 3. The van der Waals surface area contributed by atoms with Crippen molar-refractivity contribution in [2.24, 2.45) is 5.41 Å². The summed E-state index contributed by atoms with van der Waals surface area (Å²) in [5.41, 5.74) is -1.000. The Hall–Kier alpha value is -1.59. The van der Waals surface area contributed by atoms with Gasteiger partial charge in [0, 0.05) is 19.4 Å². The van der Waals surface area contributed by atoms with Crippen LogP contribution in [-0.4, -0.2) is 35.5 Å². The summed E-state index contributed by atoms with van der Waals surface area (Å²) >= 11 is 0. The van der Waals surface area contributed by atoms with E-state index in [1.807, 2.05) is 0 Å². The van der Waals surface area contributed by atoms with Crippen LogP contribution in [0.4, 0.5) is 0 Å². The van der Waals surface area contributed by atoms with E-state index in [1.54, 1.807) is 13.8 Å². The quantitative estimate of drug-likeness (QED) is 0.635. The molecule has 0 aromatic rings. The topological polar surface area (TPSA) is 95.5 Å². The highest BCUT2D eigenvalue weighted by Crippen LogP contribution is 2.30. The molecule has 0 aromatic carbocycles. The van der Waals surface area contributed by atoms with Crippen molar-refractivity contribution in [3.63, 3.8) is 0 Å². The molecule has 3 N–H and O–H groups in total. The second-order valence-electron chi connectivity index (χ2n) is 4.74. The highest BCUT2D eigenvalue weighted by atomic mass is 16.4. The molecule has 6 heteroatoms. The van der Waals surface area contributed by atoms with Gasteiger partial charge in [-0.3, -0.25) is 14.4 Å². The van der Waals surface area contributed by atoms with Crippen LogP contribution in [0, 0.1) is 5.41 Å². The maximum Gasteiger partial charge on any atom is 0.310 e. The lowest BCUT2D eigenvalue weighted by atomic mass is 9.79. The molecule has 1 aliphatic heterocycles. The average molecular weight is 256 g/mol. The van der Waals surface area contributed by atoms with Crippen molar-refractivity contribution < 1.29 is 19.5 Å². The number of amides is 2. The van der Waals surface area contributed by atoms with E-state index in [9.17, 15) is 19.5 Å². The van der Waals surface area contributed by atoms with E-state index in [0.29, 0.717) is 19.4 Å². The highest BCUT2D eigenvalue weighted by molar-refractivity contribution is 5.86. The molecule has 0 aliphatic carbocycles. The summed E-state index contributed by atoms with van der Waals surface area (Å²) in [6.07, 6.45) is 1.05. The molecule has 102 valence electrons. The van der Waals surface area contributed by atoms with Crippen LogP contribution in [0.3, 0.4) is 0 Å². The third kappa shape index (κ3) is 3.21. The zero-order valence-electron chi connectivity index (χ0n) is 10.8. The lowest BCUT2D eigenvalue weighted by Crippen LogP contribution is -2.41. The van der Waals surface area contributed by atoms with Crippen LogP contribution in [-0.2, 0) is 14.4 Å². The number of carboxylic acids is 1. The smallest absolute Gasteiger partial charge is 0.310 e. The third-order valence-corrected chi connectivity index (χ3v) is 3.65. The number of aliphatic carboxylic acids is 1. The van der Waals surface area contributed by atoms with Crippen LogP contribution in [0.25, 0.3) is 0 Å². The van der Waals surface area contributed by atoms with Gasteiger partial charge >= 0.3 is 5.97 Å². The fraction of sp³-hybridized carbons (Fsp3) is 0.750. The zero-order chi connectivity index (χ0) is 13.8. The van der Waals surface area contributed by atoms with E-state index in [-0.39, 0.29) is 30.7 Å². The number of carboxylic acid groups (broad SMARTS) is 1. The van der Waals surface area contributed by atoms with Crippen molar-refractivity contribution in [2.75, 3.05) is 6.54 Å². The van der Waals surface area contributed by atoms with Gasteiger partial charge in [-0.15, -0.1) is 0 Å². The largest absolute Gasteiger partial charge is 0.481 e. The molecule has 2 amide bonds. The summed E-state index contributed by atoms with van der Waals surface area (Å²) in [7, 11) is 0. The summed E-state index contributed by atoms with van der Waals surface area (Å²) in [6.45, 7) is 3.96. The van der Waals surface area contributed by atoms with E-state index in [0.717, 1.165) is 0 Å². The first-order valence-electron chi connectivity index (χ1n) is 6.23. The monoisotopic (exact) mass is 256 g/mol. The molecule has 0 aromatic heterocycles. The number of rotatable bonds is 6. The minimum Gasteiger partial charge on any atom is -0.481 e. The van der Waals surface area contributed by atoms with Crippen molar-refractivity contribution in [3.8, 4) is 0 Å². The Morgan fingerprint density at radius 1 is 1.44 bits per heavy atom. The van der Waals surface area contributed by atoms with Gasteiger partial charge in [-0.2, -0.15) is 0 Å². The van der Waals surface area contributed by atoms with Crippen LogP contribution < -0.4 is 10.6 Å². The van der Waals surface area contributed by atoms with Crippen LogP contribution >= 0.6 is 0 Å². The summed E-state index contributed by atoms with van der Waals surface area (Å²) in [4.78, 5) is 34.1. The van der Waals surface area contributed by atoms with Crippen molar-refractivity contribution in [2.45, 2.75) is 45.6 Å². The SMILES string of the molecule is CCC(CC)(CC(=O)NC1CNC(=O)C1)C(=O)O. The molecule has 1 aliphatic rings. The molecule has 1 rings (SSSR count). The molecule has 1 saturated heterocycles. The molecule has 1 unspecified atom stereocenters. The summed E-state index contributed by atoms with van der Waals surface area (Å²) in [6, 6.07) is -0.217. The second-order valence-corrected chi connectivity index (χ2v) is 4.74. The minimum atomic E-state index is -1.000. The van der Waals surface area contributed by atoms with Gasteiger partial charge in [-0.1, -0.05) is 13.8 Å². The molecule has 0 spiro atoms. The molecular formula is C12H20N2O4. The van der Waals surface area contributed by atoms with E-state index < -0.39 is 11.4 Å². The van der Waals surface area contributed by atoms with Crippen molar-refractivity contribution in [1.29, 1.82) is 0 Å². The Bertz CT molecular complexity index is 350. The molecule has 1 heterocycles. The summed E-state index contributed by atoms with van der Waals surface area (Å²) in [5, 5.41) is 14.6. The molecule has 6 nitrogen and oxygen atoms in total. The molecular weight excluding hydrogens is 236 g/mol.